The van der Waals surface area contributed by atoms with Gasteiger partial charge in [0.2, 0.25) is 0 Å². The van der Waals surface area contributed by atoms with Crippen molar-refractivity contribution in [3.63, 3.8) is 0 Å². The van der Waals surface area contributed by atoms with Gasteiger partial charge < -0.3 is 14.6 Å². The molecule has 0 spiro atoms. The van der Waals surface area contributed by atoms with Crippen molar-refractivity contribution in [2.75, 3.05) is 6.61 Å². The van der Waals surface area contributed by atoms with E-state index < -0.39 is 30.1 Å². The normalized spacial score (nSPS) is 32.7. The Kier molecular flexibility index (Phi) is 5.50. The maximum absolute atomic E-state index is 11.7. The Labute approximate surface area is 134 Å². The first-order chi connectivity index (χ1) is 10.9. The molecule has 3 atom stereocenters. The quantitative estimate of drug-likeness (QED) is 0.364. The molecule has 1 aliphatic carbocycles. The molecular weight excluding hydrogens is 300 g/mol. The largest absolute Gasteiger partial charge is 0.461 e. The number of fused-ring (bicyclic) bond motifs is 1. The summed E-state index contributed by atoms with van der Waals surface area (Å²) in [5.41, 5.74) is 1.43. The number of aldehydes is 1. The zero-order valence-corrected chi connectivity index (χ0v) is 13.0. The van der Waals surface area contributed by atoms with Crippen LogP contribution in [0, 0.1) is 5.92 Å². The maximum Gasteiger partial charge on any atom is 0.334 e. The Bertz CT molecular complexity index is 586. The van der Waals surface area contributed by atoms with Gasteiger partial charge in [-0.15, -0.1) is 0 Å². The predicted octanol–water partition coefficient (Wildman–Crippen LogP) is 1.24. The maximum atomic E-state index is 11.7. The predicted molar refractivity (Wildman–Crippen MR) is 81.2 cm³/mol. The second-order valence-electron chi connectivity index (χ2n) is 5.73. The Hall–Kier alpha value is -2.21. The number of carbonyl (C=O) groups excluding carboxylic acids is 3. The van der Waals surface area contributed by atoms with Crippen LogP contribution in [0.4, 0.5) is 0 Å². The van der Waals surface area contributed by atoms with E-state index in [2.05, 4.69) is 6.58 Å². The Morgan fingerprint density at radius 3 is 2.96 bits per heavy atom. The smallest absolute Gasteiger partial charge is 0.334 e. The third-order valence-corrected chi connectivity index (χ3v) is 4.02. The standard InChI is InChI=1S/C17H20O6/c1-10-16-14(20)6-13(9-22-11(2)19)5-3-4-12(8-18)7-15(16)23-17(10)21/h4,6,8,14-16,20H,1,3,5,7,9H2,2H3/b12-4+,13-6-/t14-,15+,16+/m1/s1. The first-order valence-corrected chi connectivity index (χ1v) is 7.47. The summed E-state index contributed by atoms with van der Waals surface area (Å²) < 4.78 is 10.2. The van der Waals surface area contributed by atoms with Gasteiger partial charge in [0.15, 0.2) is 0 Å². The van der Waals surface area contributed by atoms with Crippen LogP contribution in [0.5, 0.6) is 0 Å². The van der Waals surface area contributed by atoms with Gasteiger partial charge >= 0.3 is 11.9 Å². The molecule has 6 nitrogen and oxygen atoms in total. The van der Waals surface area contributed by atoms with Crippen molar-refractivity contribution in [2.24, 2.45) is 5.92 Å². The molecule has 0 aromatic rings. The zero-order valence-electron chi connectivity index (χ0n) is 13.0. The molecule has 0 unspecified atom stereocenters. The van der Waals surface area contributed by atoms with Crippen molar-refractivity contribution in [2.45, 2.75) is 38.4 Å². The van der Waals surface area contributed by atoms with Crippen LogP contribution in [-0.4, -0.2) is 42.1 Å². The first kappa shape index (κ1) is 17.1. The van der Waals surface area contributed by atoms with Crippen LogP contribution in [0.2, 0.25) is 0 Å². The van der Waals surface area contributed by atoms with E-state index in [0.717, 1.165) is 11.9 Å². The second-order valence-corrected chi connectivity index (χ2v) is 5.73. The molecule has 0 aromatic carbocycles. The molecule has 0 bridgehead atoms. The molecule has 124 valence electrons. The van der Waals surface area contributed by atoms with Crippen LogP contribution in [0.3, 0.4) is 0 Å². The summed E-state index contributed by atoms with van der Waals surface area (Å²) >= 11 is 0. The lowest BCUT2D eigenvalue weighted by Gasteiger charge is -2.23. The number of aliphatic hydroxyl groups excluding tert-OH is 1. The number of carbonyl (C=O) groups is 3. The first-order valence-electron chi connectivity index (χ1n) is 7.47. The molecule has 1 aliphatic heterocycles. The fourth-order valence-corrected chi connectivity index (χ4v) is 2.84. The Morgan fingerprint density at radius 1 is 1.57 bits per heavy atom. The minimum Gasteiger partial charge on any atom is -0.461 e. The SMILES string of the molecule is C=C1C(=O)O[C@H]2C/C(C=O)=C\CC/C(COC(C)=O)=C/[C@@H](O)[C@H]12. The van der Waals surface area contributed by atoms with Crippen molar-refractivity contribution in [3.8, 4) is 0 Å². The zero-order chi connectivity index (χ0) is 17.0. The molecule has 2 rings (SSSR count). The van der Waals surface area contributed by atoms with Gasteiger partial charge in [-0.1, -0.05) is 18.7 Å². The number of allylic oxidation sites excluding steroid dienone is 1. The van der Waals surface area contributed by atoms with Crippen LogP contribution in [0.15, 0.2) is 35.5 Å². The monoisotopic (exact) mass is 320 g/mol. The highest BCUT2D eigenvalue weighted by molar-refractivity contribution is 5.91. The van der Waals surface area contributed by atoms with Crippen LogP contribution in [-0.2, 0) is 23.9 Å². The van der Waals surface area contributed by atoms with Gasteiger partial charge in [0.05, 0.1) is 12.0 Å². The van der Waals surface area contributed by atoms with Crippen molar-refractivity contribution in [1.29, 1.82) is 0 Å². The number of ether oxygens (including phenoxy) is 2. The van der Waals surface area contributed by atoms with E-state index in [9.17, 15) is 19.5 Å². The minimum absolute atomic E-state index is 0.0648. The number of aliphatic hydroxyl groups is 1. The van der Waals surface area contributed by atoms with Crippen molar-refractivity contribution < 1.29 is 29.0 Å². The van der Waals surface area contributed by atoms with Crippen LogP contribution >= 0.6 is 0 Å². The number of rotatable bonds is 3. The lowest BCUT2D eigenvalue weighted by molar-refractivity contribution is -0.140. The molecule has 2 aliphatic rings. The van der Waals surface area contributed by atoms with Crippen molar-refractivity contribution >= 4 is 18.2 Å². The van der Waals surface area contributed by atoms with E-state index in [4.69, 9.17) is 9.47 Å². The highest BCUT2D eigenvalue weighted by Crippen LogP contribution is 2.34. The third kappa shape index (κ3) is 4.16. The summed E-state index contributed by atoms with van der Waals surface area (Å²) in [5, 5.41) is 10.5. The topological polar surface area (TPSA) is 89.9 Å². The van der Waals surface area contributed by atoms with Gasteiger partial charge in [0.1, 0.15) is 19.0 Å². The van der Waals surface area contributed by atoms with E-state index in [1.165, 1.54) is 6.92 Å². The van der Waals surface area contributed by atoms with Gasteiger partial charge in [-0.25, -0.2) is 4.79 Å². The molecule has 0 aromatic heterocycles. The van der Waals surface area contributed by atoms with Gasteiger partial charge in [-0.2, -0.15) is 0 Å². The summed E-state index contributed by atoms with van der Waals surface area (Å²) in [5.74, 6) is -1.59. The molecule has 6 heteroatoms. The summed E-state index contributed by atoms with van der Waals surface area (Å²) in [4.78, 5) is 33.9. The Balaban J connectivity index is 2.29. The third-order valence-electron chi connectivity index (χ3n) is 4.02. The van der Waals surface area contributed by atoms with Gasteiger partial charge in [-0.05, 0) is 24.0 Å². The number of esters is 2. The molecule has 0 amide bonds. The molecular formula is C17H20O6. The minimum atomic E-state index is -0.990. The van der Waals surface area contributed by atoms with Crippen LogP contribution in [0.1, 0.15) is 26.2 Å². The van der Waals surface area contributed by atoms with Crippen molar-refractivity contribution in [1.82, 2.24) is 0 Å². The number of hydrogen-bond acceptors (Lipinski definition) is 6. The highest BCUT2D eigenvalue weighted by atomic mass is 16.6. The fraction of sp³-hybridized carbons (Fsp3) is 0.471. The lowest BCUT2D eigenvalue weighted by atomic mass is 9.85. The van der Waals surface area contributed by atoms with Gasteiger partial charge in [0.25, 0.3) is 0 Å². The van der Waals surface area contributed by atoms with Crippen molar-refractivity contribution in [3.05, 3.63) is 35.5 Å². The van der Waals surface area contributed by atoms with Crippen LogP contribution < -0.4 is 0 Å². The highest BCUT2D eigenvalue weighted by Gasteiger charge is 2.42. The summed E-state index contributed by atoms with van der Waals surface area (Å²) in [6.07, 6.45) is 3.85. The molecule has 1 heterocycles. The molecule has 23 heavy (non-hydrogen) atoms. The average Bonchev–Trinajstić information content (AvgIpc) is 2.77. The molecule has 1 saturated heterocycles. The molecule has 0 saturated carbocycles. The Morgan fingerprint density at radius 2 is 2.30 bits per heavy atom. The molecule has 1 fully saturated rings. The molecule has 1 N–H and O–H groups in total. The average molecular weight is 320 g/mol. The van der Waals surface area contributed by atoms with E-state index in [-0.39, 0.29) is 18.6 Å². The fourth-order valence-electron chi connectivity index (χ4n) is 2.84. The molecule has 0 radical (unpaired) electrons. The lowest BCUT2D eigenvalue weighted by Crippen LogP contribution is -2.29. The van der Waals surface area contributed by atoms with E-state index >= 15 is 0 Å². The number of hydrogen-bond donors (Lipinski definition) is 1. The van der Waals surface area contributed by atoms with Gasteiger partial charge in [-0.3, -0.25) is 9.59 Å². The van der Waals surface area contributed by atoms with E-state index in [1.54, 1.807) is 12.2 Å². The van der Waals surface area contributed by atoms with Crippen LogP contribution in [0.25, 0.3) is 0 Å². The summed E-state index contributed by atoms with van der Waals surface area (Å²) in [6, 6.07) is 0. The van der Waals surface area contributed by atoms with Gasteiger partial charge in [0, 0.05) is 18.9 Å². The summed E-state index contributed by atoms with van der Waals surface area (Å²) in [7, 11) is 0. The summed E-state index contributed by atoms with van der Waals surface area (Å²) in [6.45, 7) is 5.06. The van der Waals surface area contributed by atoms with E-state index in [0.29, 0.717) is 18.4 Å². The second kappa shape index (κ2) is 7.37. The van der Waals surface area contributed by atoms with E-state index in [1.807, 2.05) is 0 Å².